The van der Waals surface area contributed by atoms with Gasteiger partial charge in [0.05, 0.1) is 0 Å². The van der Waals surface area contributed by atoms with Crippen molar-refractivity contribution in [2.75, 3.05) is 0 Å². The van der Waals surface area contributed by atoms with Crippen molar-refractivity contribution in [3.05, 3.63) is 0 Å². The molecule has 0 radical (unpaired) electrons. The minimum Gasteiger partial charge on any atom is -0.480 e. The Kier molecular flexibility index (Phi) is 4.78. The topological polar surface area (TPSA) is 63.3 Å². The molecule has 3 heteroatoms. The summed E-state index contributed by atoms with van der Waals surface area (Å²) in [5, 5.41) is 9.35. The molecule has 2 atom stereocenters. The molecule has 90 valence electrons. The average Bonchev–Trinajstić information content (AvgIpc) is 2.13. The summed E-state index contributed by atoms with van der Waals surface area (Å²) in [5.41, 5.74) is 5.01. The molecule has 0 aromatic heterocycles. The third-order valence-electron chi connectivity index (χ3n) is 3.88. The molecule has 0 saturated heterocycles. The first kappa shape index (κ1) is 14.4. The van der Waals surface area contributed by atoms with Crippen LogP contribution in [-0.4, -0.2) is 16.6 Å². The van der Waals surface area contributed by atoms with E-state index in [2.05, 4.69) is 0 Å². The lowest BCUT2D eigenvalue weighted by Crippen LogP contribution is -2.60. The number of hydrogen-bond donors (Lipinski definition) is 2. The van der Waals surface area contributed by atoms with Crippen molar-refractivity contribution in [3.63, 3.8) is 0 Å². The van der Waals surface area contributed by atoms with Crippen molar-refractivity contribution in [2.45, 2.75) is 47.1 Å². The molecule has 0 fully saturated rings. The predicted molar refractivity (Wildman–Crippen MR) is 62.6 cm³/mol. The maximum Gasteiger partial charge on any atom is 0.324 e. The number of rotatable bonds is 5. The first-order valence-electron chi connectivity index (χ1n) is 5.67. The second kappa shape index (κ2) is 4.97. The van der Waals surface area contributed by atoms with Gasteiger partial charge in [0.1, 0.15) is 5.54 Å². The molecule has 0 saturated carbocycles. The van der Waals surface area contributed by atoms with Crippen LogP contribution in [0.5, 0.6) is 0 Å². The Labute approximate surface area is 93.0 Å². The highest BCUT2D eigenvalue weighted by Gasteiger charge is 2.46. The third-order valence-corrected chi connectivity index (χ3v) is 3.88. The van der Waals surface area contributed by atoms with E-state index in [9.17, 15) is 9.90 Å². The van der Waals surface area contributed by atoms with Crippen molar-refractivity contribution in [1.29, 1.82) is 0 Å². The van der Waals surface area contributed by atoms with Gasteiger partial charge in [0.2, 0.25) is 0 Å². The normalized spacial score (nSPS) is 20.1. The second-order valence-corrected chi connectivity index (χ2v) is 5.30. The van der Waals surface area contributed by atoms with Crippen LogP contribution in [0.3, 0.4) is 0 Å². The number of hydrogen-bond acceptors (Lipinski definition) is 2. The molecular formula is C12H25NO2. The number of carboxylic acid groups (broad SMARTS) is 1. The molecule has 0 aromatic rings. The summed E-state index contributed by atoms with van der Waals surface area (Å²) in [6, 6.07) is 0. The van der Waals surface area contributed by atoms with Gasteiger partial charge < -0.3 is 10.8 Å². The average molecular weight is 215 g/mol. The first-order valence-corrected chi connectivity index (χ1v) is 5.67. The summed E-state index contributed by atoms with van der Waals surface area (Å²) in [7, 11) is 0. The maximum absolute atomic E-state index is 11.4. The zero-order chi connectivity index (χ0) is 12.4. The van der Waals surface area contributed by atoms with Crippen molar-refractivity contribution < 1.29 is 9.90 Å². The summed E-state index contributed by atoms with van der Waals surface area (Å²) < 4.78 is 0. The summed E-state index contributed by atoms with van der Waals surface area (Å²) in [4.78, 5) is 11.4. The fraction of sp³-hybridized carbons (Fsp3) is 0.917. The van der Waals surface area contributed by atoms with Crippen molar-refractivity contribution in [3.8, 4) is 0 Å². The van der Waals surface area contributed by atoms with Gasteiger partial charge in [0, 0.05) is 0 Å². The molecule has 0 spiro atoms. The van der Waals surface area contributed by atoms with Gasteiger partial charge in [-0.05, 0) is 23.7 Å². The number of nitrogens with two attached hydrogens (primary N) is 1. The van der Waals surface area contributed by atoms with Crippen LogP contribution in [0.1, 0.15) is 41.5 Å². The fourth-order valence-electron chi connectivity index (χ4n) is 1.91. The van der Waals surface area contributed by atoms with Crippen LogP contribution in [0.4, 0.5) is 0 Å². The molecule has 3 nitrogen and oxygen atoms in total. The Morgan fingerprint density at radius 2 is 1.27 bits per heavy atom. The van der Waals surface area contributed by atoms with E-state index in [1.807, 2.05) is 41.5 Å². The van der Waals surface area contributed by atoms with Gasteiger partial charge in [-0.1, -0.05) is 41.5 Å². The zero-order valence-electron chi connectivity index (χ0n) is 10.7. The maximum atomic E-state index is 11.4. The van der Waals surface area contributed by atoms with Crippen molar-refractivity contribution in [1.82, 2.24) is 0 Å². The molecule has 0 aromatic carbocycles. The third kappa shape index (κ3) is 2.71. The summed E-state index contributed by atoms with van der Waals surface area (Å²) >= 11 is 0. The minimum absolute atomic E-state index is 0.0348. The van der Waals surface area contributed by atoms with Gasteiger partial charge in [-0.3, -0.25) is 4.79 Å². The van der Waals surface area contributed by atoms with E-state index in [0.29, 0.717) is 0 Å². The molecule has 0 heterocycles. The molecule has 0 aliphatic carbocycles. The smallest absolute Gasteiger partial charge is 0.324 e. The summed E-state index contributed by atoms with van der Waals surface area (Å²) in [6.07, 6.45) is 0. The Hall–Kier alpha value is -0.570. The highest BCUT2D eigenvalue weighted by atomic mass is 16.4. The lowest BCUT2D eigenvalue weighted by molar-refractivity contribution is -0.149. The molecule has 0 aliphatic heterocycles. The fourth-order valence-corrected chi connectivity index (χ4v) is 1.91. The molecule has 0 rings (SSSR count). The highest BCUT2D eigenvalue weighted by Crippen LogP contribution is 2.33. The van der Waals surface area contributed by atoms with Gasteiger partial charge in [0.15, 0.2) is 0 Å². The van der Waals surface area contributed by atoms with Crippen molar-refractivity contribution >= 4 is 5.97 Å². The molecule has 15 heavy (non-hydrogen) atoms. The van der Waals surface area contributed by atoms with E-state index < -0.39 is 11.5 Å². The molecule has 0 aliphatic rings. The lowest BCUT2D eigenvalue weighted by Gasteiger charge is -2.40. The minimum atomic E-state index is -1.12. The van der Waals surface area contributed by atoms with Gasteiger partial charge in [-0.2, -0.15) is 0 Å². The van der Waals surface area contributed by atoms with E-state index in [-0.39, 0.29) is 23.7 Å². The molecule has 3 N–H and O–H groups in total. The molecule has 0 amide bonds. The van der Waals surface area contributed by atoms with Crippen LogP contribution in [0.2, 0.25) is 0 Å². The number of carbonyl (C=O) groups is 1. The monoisotopic (exact) mass is 215 g/mol. The Morgan fingerprint density at radius 3 is 1.40 bits per heavy atom. The van der Waals surface area contributed by atoms with E-state index in [4.69, 9.17) is 5.73 Å². The van der Waals surface area contributed by atoms with E-state index in [1.54, 1.807) is 0 Å². The largest absolute Gasteiger partial charge is 0.480 e. The molecular weight excluding hydrogens is 190 g/mol. The molecule has 2 unspecified atom stereocenters. The van der Waals surface area contributed by atoms with Crippen molar-refractivity contribution in [2.24, 2.45) is 29.4 Å². The van der Waals surface area contributed by atoms with Gasteiger partial charge in [-0.15, -0.1) is 0 Å². The van der Waals surface area contributed by atoms with Crippen LogP contribution in [-0.2, 0) is 4.79 Å². The zero-order valence-corrected chi connectivity index (χ0v) is 10.7. The quantitative estimate of drug-likeness (QED) is 0.740. The van der Waals surface area contributed by atoms with Crippen LogP contribution in [0.25, 0.3) is 0 Å². The van der Waals surface area contributed by atoms with Gasteiger partial charge in [-0.25, -0.2) is 0 Å². The Balaban J connectivity index is 5.15. The van der Waals surface area contributed by atoms with Crippen LogP contribution >= 0.6 is 0 Å². The van der Waals surface area contributed by atoms with Gasteiger partial charge >= 0.3 is 5.97 Å². The Bertz CT molecular complexity index is 210. The predicted octanol–water partition coefficient (Wildman–Crippen LogP) is 2.35. The van der Waals surface area contributed by atoms with Crippen LogP contribution in [0, 0.1) is 23.7 Å². The molecule has 0 bridgehead atoms. The SMILES string of the molecule is CC(C)C(C)C(N)(C(=O)O)C(C)C(C)C. The van der Waals surface area contributed by atoms with E-state index in [0.717, 1.165) is 0 Å². The van der Waals surface area contributed by atoms with Gasteiger partial charge in [0.25, 0.3) is 0 Å². The Morgan fingerprint density at radius 1 is 1.00 bits per heavy atom. The number of aliphatic carboxylic acids is 1. The first-order chi connectivity index (χ1) is 6.65. The van der Waals surface area contributed by atoms with E-state index in [1.165, 1.54) is 0 Å². The van der Waals surface area contributed by atoms with E-state index >= 15 is 0 Å². The summed E-state index contributed by atoms with van der Waals surface area (Å²) in [5.74, 6) is -0.413. The summed E-state index contributed by atoms with van der Waals surface area (Å²) in [6.45, 7) is 11.9. The second-order valence-electron chi connectivity index (χ2n) is 5.30. The highest BCUT2D eigenvalue weighted by molar-refractivity contribution is 5.79. The van der Waals surface area contributed by atoms with Crippen LogP contribution in [0.15, 0.2) is 0 Å². The van der Waals surface area contributed by atoms with Crippen LogP contribution < -0.4 is 5.73 Å². The number of carboxylic acids is 1. The lowest BCUT2D eigenvalue weighted by atomic mass is 9.68. The standard InChI is InChI=1S/C12H25NO2/c1-7(2)9(5)12(13,11(14)15)10(6)8(3)4/h7-10H,13H2,1-6H3,(H,14,15).